The second kappa shape index (κ2) is 6.91. The Morgan fingerprint density at radius 2 is 2.04 bits per heavy atom. The number of nitrogens with zero attached hydrogens (tertiary/aromatic N) is 3. The van der Waals surface area contributed by atoms with Gasteiger partial charge in [0.1, 0.15) is 17.8 Å². The van der Waals surface area contributed by atoms with Crippen molar-refractivity contribution in [3.63, 3.8) is 0 Å². The molecule has 1 saturated heterocycles. The monoisotopic (exact) mass is 320 g/mol. The Kier molecular flexibility index (Phi) is 4.71. The Morgan fingerprint density at radius 1 is 1.26 bits per heavy atom. The minimum atomic E-state index is -0.793. The molecule has 3 rings (SSSR count). The number of hydrogen-bond donors (Lipinski definition) is 2. The van der Waals surface area contributed by atoms with Crippen molar-refractivity contribution in [2.24, 2.45) is 5.92 Å². The zero-order chi connectivity index (χ0) is 16.2. The highest BCUT2D eigenvalue weighted by Gasteiger charge is 2.31. The number of carboxylic acid groups (broad SMARTS) is 1. The number of amides is 1. The molecule has 2 N–H and O–H groups in total. The van der Waals surface area contributed by atoms with E-state index in [1.54, 1.807) is 6.07 Å². The Labute approximate surface area is 133 Å². The first kappa shape index (κ1) is 15.7. The van der Waals surface area contributed by atoms with Gasteiger partial charge in [0.05, 0.1) is 19.1 Å². The van der Waals surface area contributed by atoms with E-state index in [0.29, 0.717) is 44.0 Å². The zero-order valence-electron chi connectivity index (χ0n) is 12.8. The highest BCUT2D eigenvalue weighted by Crippen LogP contribution is 2.26. The van der Waals surface area contributed by atoms with Crippen LogP contribution in [0, 0.1) is 5.92 Å². The lowest BCUT2D eigenvalue weighted by Gasteiger charge is -2.27. The summed E-state index contributed by atoms with van der Waals surface area (Å²) in [6.45, 7) is 2.76. The third-order valence-electron chi connectivity index (χ3n) is 4.34. The summed E-state index contributed by atoms with van der Waals surface area (Å²) >= 11 is 0. The molecule has 1 aliphatic carbocycles. The van der Waals surface area contributed by atoms with Crippen LogP contribution in [-0.4, -0.2) is 59.3 Å². The molecule has 0 spiro atoms. The van der Waals surface area contributed by atoms with Gasteiger partial charge < -0.3 is 20.1 Å². The highest BCUT2D eigenvalue weighted by atomic mass is 16.5. The van der Waals surface area contributed by atoms with Gasteiger partial charge in [-0.2, -0.15) is 0 Å². The quantitative estimate of drug-likeness (QED) is 0.822. The van der Waals surface area contributed by atoms with Crippen LogP contribution >= 0.6 is 0 Å². The third kappa shape index (κ3) is 3.76. The summed E-state index contributed by atoms with van der Waals surface area (Å²) in [6.07, 6.45) is 3.14. The predicted molar refractivity (Wildman–Crippen MR) is 81.3 cm³/mol. The van der Waals surface area contributed by atoms with Gasteiger partial charge in [0.15, 0.2) is 0 Å². The predicted octanol–water partition coefficient (Wildman–Crippen LogP) is 0.296. The van der Waals surface area contributed by atoms with Gasteiger partial charge in [-0.25, -0.2) is 9.97 Å². The molecule has 0 radical (unpaired) electrons. The van der Waals surface area contributed by atoms with Crippen LogP contribution in [0.5, 0.6) is 0 Å². The molecule has 8 nitrogen and oxygen atoms in total. The molecule has 1 aliphatic heterocycles. The van der Waals surface area contributed by atoms with Crippen molar-refractivity contribution in [1.82, 2.24) is 15.3 Å². The molecular formula is C15H20N4O4. The molecule has 23 heavy (non-hydrogen) atoms. The number of hydrogen-bond acceptors (Lipinski definition) is 6. The van der Waals surface area contributed by atoms with E-state index in [-0.39, 0.29) is 17.9 Å². The second-order valence-electron chi connectivity index (χ2n) is 5.88. The van der Waals surface area contributed by atoms with Gasteiger partial charge in [0.25, 0.3) is 5.91 Å². The average Bonchev–Trinajstić information content (AvgIpc) is 3.04. The summed E-state index contributed by atoms with van der Waals surface area (Å²) in [5.41, 5.74) is 0.306. The van der Waals surface area contributed by atoms with Crippen LogP contribution < -0.4 is 10.2 Å². The van der Waals surface area contributed by atoms with Gasteiger partial charge in [-0.05, 0) is 19.3 Å². The molecule has 2 aliphatic rings. The second-order valence-corrected chi connectivity index (χ2v) is 5.88. The maximum absolute atomic E-state index is 12.3. The van der Waals surface area contributed by atoms with Crippen molar-refractivity contribution < 1.29 is 19.4 Å². The summed E-state index contributed by atoms with van der Waals surface area (Å²) in [6, 6.07) is 1.56. The van der Waals surface area contributed by atoms with Crippen molar-refractivity contribution in [1.29, 1.82) is 0 Å². The Bertz CT molecular complexity index is 589. The summed E-state index contributed by atoms with van der Waals surface area (Å²) in [4.78, 5) is 33.6. The zero-order valence-corrected chi connectivity index (χ0v) is 12.8. The van der Waals surface area contributed by atoms with Crippen LogP contribution in [0.2, 0.25) is 0 Å². The van der Waals surface area contributed by atoms with Crippen molar-refractivity contribution in [3.8, 4) is 0 Å². The molecule has 8 heteroatoms. The summed E-state index contributed by atoms with van der Waals surface area (Å²) in [5.74, 6) is -0.728. The number of ether oxygens (including phenoxy) is 1. The molecule has 1 aromatic rings. The fourth-order valence-corrected chi connectivity index (χ4v) is 3.03. The van der Waals surface area contributed by atoms with E-state index >= 15 is 0 Å². The van der Waals surface area contributed by atoms with Crippen LogP contribution in [-0.2, 0) is 9.53 Å². The lowest BCUT2D eigenvalue weighted by Crippen LogP contribution is -2.37. The van der Waals surface area contributed by atoms with Gasteiger partial charge in [-0.1, -0.05) is 0 Å². The maximum atomic E-state index is 12.3. The van der Waals surface area contributed by atoms with E-state index in [1.165, 1.54) is 6.33 Å². The van der Waals surface area contributed by atoms with Crippen molar-refractivity contribution >= 4 is 17.7 Å². The standard InChI is InChI=1S/C15H20N4O4/c20-14(18-11-2-1-10(7-11)15(21)22)12-8-13(17-9-16-12)19-3-5-23-6-4-19/h8-11H,1-7H2,(H,18,20)(H,21,22)/t10-,11+/m0/s1. The first-order valence-electron chi connectivity index (χ1n) is 7.82. The fourth-order valence-electron chi connectivity index (χ4n) is 3.03. The normalized spacial score (nSPS) is 24.4. The fraction of sp³-hybridized carbons (Fsp3) is 0.600. The Hall–Kier alpha value is -2.22. The number of rotatable bonds is 4. The van der Waals surface area contributed by atoms with E-state index in [2.05, 4.69) is 20.2 Å². The van der Waals surface area contributed by atoms with Crippen LogP contribution in [0.1, 0.15) is 29.8 Å². The number of morpholine rings is 1. The van der Waals surface area contributed by atoms with Gasteiger partial charge in [-0.3, -0.25) is 9.59 Å². The van der Waals surface area contributed by atoms with Crippen LogP contribution in [0.25, 0.3) is 0 Å². The largest absolute Gasteiger partial charge is 0.481 e. The summed E-state index contributed by atoms with van der Waals surface area (Å²) < 4.78 is 5.30. The smallest absolute Gasteiger partial charge is 0.306 e. The minimum absolute atomic E-state index is 0.106. The molecule has 0 bridgehead atoms. The Morgan fingerprint density at radius 3 is 2.74 bits per heavy atom. The van der Waals surface area contributed by atoms with Crippen molar-refractivity contribution in [3.05, 3.63) is 18.1 Å². The van der Waals surface area contributed by atoms with Gasteiger partial charge >= 0.3 is 5.97 Å². The lowest BCUT2D eigenvalue weighted by atomic mass is 10.1. The van der Waals surface area contributed by atoms with E-state index in [0.717, 1.165) is 13.1 Å². The van der Waals surface area contributed by atoms with E-state index in [4.69, 9.17) is 9.84 Å². The average molecular weight is 320 g/mol. The van der Waals surface area contributed by atoms with Crippen LogP contribution in [0.3, 0.4) is 0 Å². The highest BCUT2D eigenvalue weighted by molar-refractivity contribution is 5.93. The molecule has 0 unspecified atom stereocenters. The van der Waals surface area contributed by atoms with Crippen LogP contribution in [0.4, 0.5) is 5.82 Å². The molecule has 1 amide bonds. The molecule has 1 aromatic heterocycles. The minimum Gasteiger partial charge on any atom is -0.481 e. The van der Waals surface area contributed by atoms with Gasteiger partial charge in [0, 0.05) is 25.2 Å². The molecule has 2 heterocycles. The topological polar surface area (TPSA) is 105 Å². The molecular weight excluding hydrogens is 300 g/mol. The first-order valence-corrected chi connectivity index (χ1v) is 7.82. The van der Waals surface area contributed by atoms with Crippen LogP contribution in [0.15, 0.2) is 12.4 Å². The van der Waals surface area contributed by atoms with Gasteiger partial charge in [0.2, 0.25) is 0 Å². The van der Waals surface area contributed by atoms with Gasteiger partial charge in [-0.15, -0.1) is 0 Å². The molecule has 2 fully saturated rings. The summed E-state index contributed by atoms with van der Waals surface area (Å²) in [7, 11) is 0. The number of aliphatic carboxylic acids is 1. The first-order chi connectivity index (χ1) is 11.1. The maximum Gasteiger partial charge on any atom is 0.306 e. The number of anilines is 1. The number of aromatic nitrogens is 2. The van der Waals surface area contributed by atoms with E-state index in [1.807, 2.05) is 0 Å². The van der Waals surface area contributed by atoms with Crippen molar-refractivity contribution in [2.75, 3.05) is 31.2 Å². The Balaban J connectivity index is 1.62. The number of carbonyl (C=O) groups excluding carboxylic acids is 1. The number of nitrogens with one attached hydrogen (secondary N) is 1. The number of carboxylic acids is 1. The van der Waals surface area contributed by atoms with Crippen molar-refractivity contribution in [2.45, 2.75) is 25.3 Å². The number of carbonyl (C=O) groups is 2. The SMILES string of the molecule is O=C(N[C@@H]1CC[C@H](C(=O)O)C1)c1cc(N2CCOCC2)ncn1. The third-order valence-corrected chi connectivity index (χ3v) is 4.34. The molecule has 1 saturated carbocycles. The van der Waals surface area contributed by atoms with E-state index in [9.17, 15) is 9.59 Å². The molecule has 2 atom stereocenters. The lowest BCUT2D eigenvalue weighted by molar-refractivity contribution is -0.141. The van der Waals surface area contributed by atoms with E-state index < -0.39 is 5.97 Å². The summed E-state index contributed by atoms with van der Waals surface area (Å²) in [5, 5.41) is 11.9. The molecule has 124 valence electrons. The molecule has 0 aromatic carbocycles.